The normalized spacial score (nSPS) is 27.8. The van der Waals surface area contributed by atoms with Gasteiger partial charge in [-0.15, -0.1) is 0 Å². The summed E-state index contributed by atoms with van der Waals surface area (Å²) in [5.74, 6) is -1.69. The average Bonchev–Trinajstić information content (AvgIpc) is 2.42. The van der Waals surface area contributed by atoms with E-state index in [0.717, 1.165) is 0 Å². The summed E-state index contributed by atoms with van der Waals surface area (Å²) >= 11 is 0. The molecule has 0 radical (unpaired) electrons. The van der Waals surface area contributed by atoms with Gasteiger partial charge in [0.15, 0.2) is 0 Å². The molecule has 0 spiro atoms. The Morgan fingerprint density at radius 3 is 3.00 bits per heavy atom. The van der Waals surface area contributed by atoms with Gasteiger partial charge in [0.2, 0.25) is 5.91 Å². The Bertz CT molecular complexity index is 476. The highest BCUT2D eigenvalue weighted by Crippen LogP contribution is 1.99. The molecule has 0 aliphatic heterocycles. The van der Waals surface area contributed by atoms with E-state index in [0.29, 0.717) is 0 Å². The molecule has 0 fully saturated rings. The average molecular weight is 224 g/mol. The SMILES string of the molecule is [2H]C([2H])([2H])C([2H])([2H])C([2H])([2H])C([2H])([2H])C(=O)NC(CO)C(O)/C=C/C. The maximum absolute atomic E-state index is 12.0. The lowest BCUT2D eigenvalue weighted by Crippen LogP contribution is -2.45. The smallest absolute Gasteiger partial charge is 0.220 e. The molecule has 0 rings (SSSR count). The van der Waals surface area contributed by atoms with Crippen LogP contribution in [0.2, 0.25) is 0 Å². The van der Waals surface area contributed by atoms with E-state index in [2.05, 4.69) is 0 Å². The van der Waals surface area contributed by atoms with Crippen LogP contribution >= 0.6 is 0 Å². The molecule has 0 saturated heterocycles. The minimum absolute atomic E-state index is 0.803. The van der Waals surface area contributed by atoms with Gasteiger partial charge in [-0.2, -0.15) is 0 Å². The number of nitrogens with one attached hydrogen (secondary N) is 1. The first-order chi connectivity index (χ1) is 10.6. The molecule has 1 amide bonds. The lowest BCUT2D eigenvalue weighted by Gasteiger charge is -2.19. The summed E-state index contributed by atoms with van der Waals surface area (Å²) in [6.45, 7) is -2.78. The van der Waals surface area contributed by atoms with E-state index in [4.69, 9.17) is 17.4 Å². The second-order valence-electron chi connectivity index (χ2n) is 2.65. The minimum atomic E-state index is -3.72. The quantitative estimate of drug-likeness (QED) is 0.554. The molecule has 0 heterocycles. The van der Waals surface area contributed by atoms with Crippen LogP contribution in [0, 0.1) is 0 Å². The van der Waals surface area contributed by atoms with Crippen molar-refractivity contribution in [2.24, 2.45) is 0 Å². The standard InChI is InChI=1S/C11H21NO3/c1-3-5-7-11(15)12-9(8-13)10(14)6-4-2/h4,6,9-10,13-14H,3,5,7-8H2,1-2H3,(H,12,15)/b6-4+/i1D3,3D2,5D2,7D2. The monoisotopic (exact) mass is 224 g/mol. The molecule has 2 atom stereocenters. The van der Waals surface area contributed by atoms with Crippen molar-refractivity contribution in [1.29, 1.82) is 0 Å². The molecule has 0 aromatic carbocycles. The Morgan fingerprint density at radius 1 is 1.73 bits per heavy atom. The summed E-state index contributed by atoms with van der Waals surface area (Å²) in [5, 5.41) is 20.7. The first-order valence-electron chi connectivity index (χ1n) is 8.80. The van der Waals surface area contributed by atoms with Crippen molar-refractivity contribution in [1.82, 2.24) is 5.32 Å². The third kappa shape index (κ3) is 6.25. The predicted molar refractivity (Wildman–Crippen MR) is 59.4 cm³/mol. The fourth-order valence-electron chi connectivity index (χ4n) is 0.863. The largest absolute Gasteiger partial charge is 0.394 e. The molecule has 3 N–H and O–H groups in total. The van der Waals surface area contributed by atoms with Crippen LogP contribution in [0.25, 0.3) is 0 Å². The number of aliphatic hydroxyl groups excluding tert-OH is 2. The molecule has 0 aromatic heterocycles. The molecule has 2 unspecified atom stereocenters. The van der Waals surface area contributed by atoms with Crippen molar-refractivity contribution in [2.45, 2.75) is 45.0 Å². The van der Waals surface area contributed by atoms with Crippen LogP contribution in [0.3, 0.4) is 0 Å². The van der Waals surface area contributed by atoms with Gasteiger partial charge in [0.05, 0.1) is 18.8 Å². The zero-order valence-electron chi connectivity index (χ0n) is 17.3. The number of amides is 1. The number of carbonyl (C=O) groups is 1. The summed E-state index contributed by atoms with van der Waals surface area (Å²) in [6.07, 6.45) is -9.79. The Balaban J connectivity index is 5.60. The summed E-state index contributed by atoms with van der Waals surface area (Å²) in [5.41, 5.74) is 0. The third-order valence-electron chi connectivity index (χ3n) is 1.55. The Kier molecular flexibility index (Phi) is 2.80. The third-order valence-corrected chi connectivity index (χ3v) is 1.55. The van der Waals surface area contributed by atoms with E-state index in [-0.39, 0.29) is 0 Å². The van der Waals surface area contributed by atoms with E-state index in [1.165, 1.54) is 12.2 Å². The van der Waals surface area contributed by atoms with Crippen LogP contribution in [0.4, 0.5) is 0 Å². The number of allylic oxidation sites excluding steroid dienone is 1. The number of rotatable bonds is 7. The molecule has 0 bridgehead atoms. The summed E-state index contributed by atoms with van der Waals surface area (Å²) in [4.78, 5) is 12.0. The molecule has 0 saturated carbocycles. The van der Waals surface area contributed by atoms with Crippen molar-refractivity contribution >= 4 is 5.91 Å². The lowest BCUT2D eigenvalue weighted by molar-refractivity contribution is -0.122. The minimum Gasteiger partial charge on any atom is -0.394 e. The Morgan fingerprint density at radius 2 is 2.47 bits per heavy atom. The number of aliphatic hydroxyl groups is 2. The van der Waals surface area contributed by atoms with Crippen molar-refractivity contribution in [2.75, 3.05) is 6.61 Å². The predicted octanol–water partition coefficient (Wildman–Crippen LogP) is 0.591. The highest BCUT2D eigenvalue weighted by molar-refractivity contribution is 5.76. The summed E-state index contributed by atoms with van der Waals surface area (Å²) in [6, 6.07) is -1.38. The van der Waals surface area contributed by atoms with Gasteiger partial charge in [-0.25, -0.2) is 0 Å². The van der Waals surface area contributed by atoms with Gasteiger partial charge >= 0.3 is 0 Å². The van der Waals surface area contributed by atoms with Gasteiger partial charge in [-0.3, -0.25) is 4.79 Å². The van der Waals surface area contributed by atoms with E-state index < -0.39 is 50.6 Å². The molecule has 0 aromatic rings. The highest BCUT2D eigenvalue weighted by atomic mass is 16.3. The van der Waals surface area contributed by atoms with Gasteiger partial charge in [0.1, 0.15) is 0 Å². The van der Waals surface area contributed by atoms with Crippen molar-refractivity contribution < 1.29 is 27.3 Å². The summed E-state index contributed by atoms with van der Waals surface area (Å²) < 4.78 is 66.3. The maximum Gasteiger partial charge on any atom is 0.220 e. The molecule has 88 valence electrons. The van der Waals surface area contributed by atoms with Gasteiger partial charge < -0.3 is 15.5 Å². The zero-order chi connectivity index (χ0) is 19.6. The van der Waals surface area contributed by atoms with Crippen molar-refractivity contribution in [3.05, 3.63) is 12.2 Å². The molecule has 0 aliphatic rings. The van der Waals surface area contributed by atoms with Gasteiger partial charge in [-0.05, 0) is 13.3 Å². The second kappa shape index (κ2) is 8.44. The zero-order valence-corrected chi connectivity index (χ0v) is 8.32. The maximum atomic E-state index is 12.0. The number of carbonyl (C=O) groups excluding carboxylic acids is 1. The van der Waals surface area contributed by atoms with Crippen LogP contribution in [0.5, 0.6) is 0 Å². The van der Waals surface area contributed by atoms with Crippen molar-refractivity contribution in [3.63, 3.8) is 0 Å². The molecule has 0 aliphatic carbocycles. The van der Waals surface area contributed by atoms with Crippen LogP contribution in [0.15, 0.2) is 12.2 Å². The fraction of sp³-hybridized carbons (Fsp3) is 0.727. The molecular formula is C11H21NO3. The topological polar surface area (TPSA) is 69.6 Å². The first kappa shape index (κ1) is 4.97. The van der Waals surface area contributed by atoms with Crippen LogP contribution in [-0.2, 0) is 4.79 Å². The van der Waals surface area contributed by atoms with E-state index in [1.54, 1.807) is 6.92 Å². The molecule has 4 heteroatoms. The van der Waals surface area contributed by atoms with E-state index in [1.807, 2.05) is 5.32 Å². The van der Waals surface area contributed by atoms with Gasteiger partial charge in [0, 0.05) is 18.7 Å². The molecule has 4 nitrogen and oxygen atoms in total. The molecular weight excluding hydrogens is 194 g/mol. The molecule has 15 heavy (non-hydrogen) atoms. The second-order valence-corrected chi connectivity index (χ2v) is 2.65. The van der Waals surface area contributed by atoms with Crippen LogP contribution in [0.1, 0.15) is 45.2 Å². The van der Waals surface area contributed by atoms with E-state index >= 15 is 0 Å². The van der Waals surface area contributed by atoms with Crippen molar-refractivity contribution in [3.8, 4) is 0 Å². The summed E-state index contributed by atoms with van der Waals surface area (Å²) in [7, 11) is 0. The lowest BCUT2D eigenvalue weighted by atomic mass is 10.1. The Hall–Kier alpha value is -0.870. The fourth-order valence-corrected chi connectivity index (χ4v) is 0.863. The van der Waals surface area contributed by atoms with Gasteiger partial charge in [-0.1, -0.05) is 25.4 Å². The number of hydrogen-bond acceptors (Lipinski definition) is 3. The first-order valence-corrected chi connectivity index (χ1v) is 4.30. The van der Waals surface area contributed by atoms with Crippen LogP contribution in [-0.4, -0.2) is 34.9 Å². The number of hydrogen-bond donors (Lipinski definition) is 3. The van der Waals surface area contributed by atoms with E-state index in [9.17, 15) is 9.90 Å². The Labute approximate surface area is 104 Å². The van der Waals surface area contributed by atoms with Crippen LogP contribution < -0.4 is 5.32 Å². The van der Waals surface area contributed by atoms with Gasteiger partial charge in [0.25, 0.3) is 0 Å². The highest BCUT2D eigenvalue weighted by Gasteiger charge is 2.17.